The molecule has 4 nitrogen and oxygen atoms in total. The van der Waals surface area contributed by atoms with Crippen LogP contribution in [0.25, 0.3) is 0 Å². The fraction of sp³-hybridized carbons (Fsp3) is 0.500. The fourth-order valence-electron chi connectivity index (χ4n) is 3.97. The van der Waals surface area contributed by atoms with Crippen molar-refractivity contribution in [2.24, 2.45) is 0 Å². The molecule has 0 fully saturated rings. The van der Waals surface area contributed by atoms with Gasteiger partial charge in [-0.25, -0.2) is 0 Å². The average Bonchev–Trinajstić information content (AvgIpc) is 2.67. The van der Waals surface area contributed by atoms with Crippen LogP contribution in [0.5, 0.6) is 11.5 Å². The molecule has 0 aliphatic carbocycles. The maximum atomic E-state index is 6.12. The number of hydrogen-bond donors (Lipinski definition) is 1. The first-order valence-corrected chi connectivity index (χ1v) is 10.2. The lowest BCUT2D eigenvalue weighted by molar-refractivity contribution is 0.267. The molecular formula is C24H34N2O2. The molecule has 1 aliphatic heterocycles. The number of hydrogen-bond acceptors (Lipinski definition) is 4. The Hall–Kier alpha value is -2.04. The molecule has 0 bridgehead atoms. The summed E-state index contributed by atoms with van der Waals surface area (Å²) >= 11 is 0. The molecule has 1 N–H and O–H groups in total. The first-order chi connectivity index (χ1) is 13.4. The van der Waals surface area contributed by atoms with Crippen LogP contribution >= 0.6 is 0 Å². The zero-order valence-corrected chi connectivity index (χ0v) is 18.2. The van der Waals surface area contributed by atoms with E-state index in [2.05, 4.69) is 69.3 Å². The molecule has 1 unspecified atom stereocenters. The summed E-state index contributed by atoms with van der Waals surface area (Å²) in [6.45, 7) is 9.25. The summed E-state index contributed by atoms with van der Waals surface area (Å²) in [5.41, 5.74) is 8.02. The Labute approximate surface area is 169 Å². The Bertz CT molecular complexity index is 830. The lowest BCUT2D eigenvalue weighted by Crippen LogP contribution is -2.31. The topological polar surface area (TPSA) is 33.7 Å². The van der Waals surface area contributed by atoms with Gasteiger partial charge in [0.1, 0.15) is 0 Å². The van der Waals surface area contributed by atoms with Gasteiger partial charge < -0.3 is 19.7 Å². The molecule has 0 aromatic heterocycles. The van der Waals surface area contributed by atoms with Crippen molar-refractivity contribution in [2.45, 2.75) is 39.7 Å². The van der Waals surface area contributed by atoms with Gasteiger partial charge in [-0.1, -0.05) is 12.1 Å². The van der Waals surface area contributed by atoms with E-state index < -0.39 is 0 Å². The van der Waals surface area contributed by atoms with Crippen molar-refractivity contribution < 1.29 is 9.47 Å². The predicted molar refractivity (Wildman–Crippen MR) is 116 cm³/mol. The van der Waals surface area contributed by atoms with Gasteiger partial charge >= 0.3 is 0 Å². The number of fused-ring (bicyclic) bond motifs is 1. The minimum Gasteiger partial charge on any atom is -0.493 e. The lowest BCUT2D eigenvalue weighted by Gasteiger charge is -2.30. The van der Waals surface area contributed by atoms with Crippen LogP contribution in [-0.2, 0) is 6.42 Å². The van der Waals surface area contributed by atoms with Crippen LogP contribution in [0.2, 0.25) is 0 Å². The van der Waals surface area contributed by atoms with Crippen LogP contribution in [0.15, 0.2) is 24.3 Å². The molecular weight excluding hydrogens is 348 g/mol. The Morgan fingerprint density at radius 3 is 2.43 bits per heavy atom. The Morgan fingerprint density at radius 2 is 1.71 bits per heavy atom. The Kier molecular flexibility index (Phi) is 6.63. The predicted octanol–water partition coefficient (Wildman–Crippen LogP) is 4.19. The van der Waals surface area contributed by atoms with E-state index >= 15 is 0 Å². The van der Waals surface area contributed by atoms with Crippen LogP contribution in [0, 0.1) is 20.8 Å². The first kappa shape index (κ1) is 20.7. The highest BCUT2D eigenvalue weighted by molar-refractivity contribution is 5.53. The molecule has 28 heavy (non-hydrogen) atoms. The summed E-state index contributed by atoms with van der Waals surface area (Å²) in [5.74, 6) is 1.68. The van der Waals surface area contributed by atoms with Gasteiger partial charge in [0.2, 0.25) is 0 Å². The van der Waals surface area contributed by atoms with E-state index in [0.29, 0.717) is 6.61 Å². The van der Waals surface area contributed by atoms with Gasteiger partial charge in [-0.05, 0) is 93.2 Å². The second kappa shape index (κ2) is 8.97. The molecule has 2 aromatic rings. The minimum atomic E-state index is 0.193. The van der Waals surface area contributed by atoms with Crippen LogP contribution < -0.4 is 14.8 Å². The van der Waals surface area contributed by atoms with Crippen molar-refractivity contribution >= 4 is 0 Å². The number of methoxy groups -OCH3 is 1. The highest BCUT2D eigenvalue weighted by Crippen LogP contribution is 2.38. The number of benzene rings is 2. The minimum absolute atomic E-state index is 0.193. The van der Waals surface area contributed by atoms with E-state index in [1.54, 1.807) is 7.11 Å². The number of aryl methyl sites for hydroxylation is 3. The summed E-state index contributed by atoms with van der Waals surface area (Å²) in [5, 5.41) is 3.72. The monoisotopic (exact) mass is 382 g/mol. The number of ether oxygens (including phenoxy) is 2. The number of nitrogens with one attached hydrogen (secondary N) is 1. The molecule has 3 rings (SSSR count). The van der Waals surface area contributed by atoms with Crippen LogP contribution in [-0.4, -0.2) is 45.8 Å². The quantitative estimate of drug-likeness (QED) is 0.728. The zero-order valence-electron chi connectivity index (χ0n) is 18.2. The smallest absolute Gasteiger partial charge is 0.161 e. The molecule has 152 valence electrons. The summed E-state index contributed by atoms with van der Waals surface area (Å²) < 4.78 is 11.8. The third-order valence-corrected chi connectivity index (χ3v) is 5.68. The van der Waals surface area contributed by atoms with E-state index in [1.807, 2.05) is 0 Å². The average molecular weight is 383 g/mol. The van der Waals surface area contributed by atoms with Crippen molar-refractivity contribution in [3.05, 3.63) is 57.6 Å². The van der Waals surface area contributed by atoms with E-state index in [0.717, 1.165) is 37.4 Å². The third kappa shape index (κ3) is 4.50. The number of rotatable bonds is 7. The van der Waals surface area contributed by atoms with Gasteiger partial charge in [0, 0.05) is 13.1 Å². The van der Waals surface area contributed by atoms with Crippen molar-refractivity contribution in [1.82, 2.24) is 10.2 Å². The highest BCUT2D eigenvalue weighted by Gasteiger charge is 2.25. The van der Waals surface area contributed by atoms with Crippen LogP contribution in [0.3, 0.4) is 0 Å². The van der Waals surface area contributed by atoms with E-state index in [4.69, 9.17) is 9.47 Å². The highest BCUT2D eigenvalue weighted by atomic mass is 16.5. The van der Waals surface area contributed by atoms with E-state index in [9.17, 15) is 0 Å². The molecule has 4 heteroatoms. The Balaban J connectivity index is 1.93. The standard InChI is InChI=1S/C24H34N2O2/c1-16-12-18(3)20(13-17(16)2)24-21-15-23(28-11-7-10-26(4)5)22(27-6)14-19(21)8-9-25-24/h12-15,24-25H,7-11H2,1-6H3. The molecule has 1 aliphatic rings. The van der Waals surface area contributed by atoms with Crippen molar-refractivity contribution in [3.63, 3.8) is 0 Å². The maximum absolute atomic E-state index is 6.12. The van der Waals surface area contributed by atoms with E-state index in [1.165, 1.54) is 33.4 Å². The van der Waals surface area contributed by atoms with Crippen LogP contribution in [0.1, 0.15) is 45.8 Å². The lowest BCUT2D eigenvalue weighted by atomic mass is 9.86. The van der Waals surface area contributed by atoms with Gasteiger partial charge in [0.15, 0.2) is 11.5 Å². The van der Waals surface area contributed by atoms with Gasteiger partial charge in [0.25, 0.3) is 0 Å². The van der Waals surface area contributed by atoms with Gasteiger partial charge in [0.05, 0.1) is 19.8 Å². The molecule has 0 saturated heterocycles. The van der Waals surface area contributed by atoms with Crippen molar-refractivity contribution in [2.75, 3.05) is 40.9 Å². The second-order valence-electron chi connectivity index (χ2n) is 8.14. The van der Waals surface area contributed by atoms with Crippen molar-refractivity contribution in [3.8, 4) is 11.5 Å². The fourth-order valence-corrected chi connectivity index (χ4v) is 3.97. The summed E-state index contributed by atoms with van der Waals surface area (Å²) in [6, 6.07) is 9.18. The van der Waals surface area contributed by atoms with Crippen LogP contribution in [0.4, 0.5) is 0 Å². The molecule has 0 amide bonds. The van der Waals surface area contributed by atoms with Gasteiger partial charge in [-0.3, -0.25) is 0 Å². The summed E-state index contributed by atoms with van der Waals surface area (Å²) in [6.07, 6.45) is 2.00. The third-order valence-electron chi connectivity index (χ3n) is 5.68. The Morgan fingerprint density at radius 1 is 0.964 bits per heavy atom. The first-order valence-electron chi connectivity index (χ1n) is 10.2. The summed E-state index contributed by atoms with van der Waals surface area (Å²) in [4.78, 5) is 2.18. The molecule has 2 aromatic carbocycles. The molecule has 1 atom stereocenters. The van der Waals surface area contributed by atoms with Gasteiger partial charge in [-0.2, -0.15) is 0 Å². The van der Waals surface area contributed by atoms with Crippen molar-refractivity contribution in [1.29, 1.82) is 0 Å². The maximum Gasteiger partial charge on any atom is 0.161 e. The SMILES string of the molecule is COc1cc2c(cc1OCCCN(C)C)C(c1cc(C)c(C)cc1C)NCC2. The second-order valence-corrected chi connectivity index (χ2v) is 8.14. The van der Waals surface area contributed by atoms with Gasteiger partial charge in [-0.15, -0.1) is 0 Å². The number of nitrogens with zero attached hydrogens (tertiary/aromatic N) is 1. The zero-order chi connectivity index (χ0) is 20.3. The molecule has 1 heterocycles. The molecule has 0 saturated carbocycles. The van der Waals surface area contributed by atoms with E-state index in [-0.39, 0.29) is 6.04 Å². The molecule has 0 radical (unpaired) electrons. The largest absolute Gasteiger partial charge is 0.493 e. The summed E-state index contributed by atoms with van der Waals surface area (Å²) in [7, 11) is 5.89. The molecule has 0 spiro atoms. The normalized spacial score (nSPS) is 16.2.